The molecule has 4 heteroatoms. The molecule has 232 valence electrons. The Balaban J connectivity index is 3.49. The van der Waals surface area contributed by atoms with Crippen molar-refractivity contribution >= 4 is 11.9 Å². The van der Waals surface area contributed by atoms with Crippen molar-refractivity contribution in [3.05, 3.63) is 36.5 Å². The molecule has 0 radical (unpaired) electrons. The van der Waals surface area contributed by atoms with Crippen molar-refractivity contribution in [3.63, 3.8) is 0 Å². The highest BCUT2D eigenvalue weighted by atomic mass is 16.5. The Kier molecular flexibility index (Phi) is 30.2. The maximum absolute atomic E-state index is 12.2. The molecule has 1 N–H and O–H groups in total. The third kappa shape index (κ3) is 30.7. The average molecular weight is 561 g/mol. The Bertz CT molecular complexity index is 649. The summed E-state index contributed by atoms with van der Waals surface area (Å²) in [7, 11) is 0. The van der Waals surface area contributed by atoms with Crippen molar-refractivity contribution in [3.8, 4) is 0 Å². The minimum absolute atomic E-state index is 0.00531. The Hall–Kier alpha value is -1.84. The third-order valence-corrected chi connectivity index (χ3v) is 7.45. The second-order valence-electron chi connectivity index (χ2n) is 11.3. The van der Waals surface area contributed by atoms with E-state index in [-0.39, 0.29) is 12.1 Å². The highest BCUT2D eigenvalue weighted by Gasteiger charge is 2.12. The van der Waals surface area contributed by atoms with Crippen molar-refractivity contribution in [2.75, 3.05) is 0 Å². The van der Waals surface area contributed by atoms with Gasteiger partial charge in [-0.15, -0.1) is 0 Å². The molecule has 0 aromatic rings. The predicted molar refractivity (Wildman–Crippen MR) is 172 cm³/mol. The Morgan fingerprint density at radius 3 is 1.55 bits per heavy atom. The number of carboxylic acids is 1. The topological polar surface area (TPSA) is 63.6 Å². The van der Waals surface area contributed by atoms with Gasteiger partial charge in [0.2, 0.25) is 0 Å². The second kappa shape index (κ2) is 31.7. The first-order valence-electron chi connectivity index (χ1n) is 17.0. The molecule has 0 aromatic heterocycles. The molecule has 0 aliphatic heterocycles. The van der Waals surface area contributed by atoms with Crippen LogP contribution in [0.3, 0.4) is 0 Å². The molecule has 0 heterocycles. The number of carbonyl (C=O) groups is 2. The summed E-state index contributed by atoms with van der Waals surface area (Å²) in [5.74, 6) is -0.684. The van der Waals surface area contributed by atoms with Crippen LogP contribution in [0, 0.1) is 0 Å². The van der Waals surface area contributed by atoms with Crippen molar-refractivity contribution < 1.29 is 19.4 Å². The normalized spacial score (nSPS) is 12.7. The molecular weight excluding hydrogens is 496 g/mol. The molecule has 0 saturated carbocycles. The molecule has 40 heavy (non-hydrogen) atoms. The van der Waals surface area contributed by atoms with E-state index in [2.05, 4.69) is 50.3 Å². The van der Waals surface area contributed by atoms with Crippen LogP contribution in [0.15, 0.2) is 36.5 Å². The van der Waals surface area contributed by atoms with Crippen LogP contribution in [-0.4, -0.2) is 23.1 Å². The lowest BCUT2D eigenvalue weighted by atomic mass is 10.0. The van der Waals surface area contributed by atoms with E-state index in [0.717, 1.165) is 70.6 Å². The summed E-state index contributed by atoms with van der Waals surface area (Å²) in [6.45, 7) is 4.28. The van der Waals surface area contributed by atoms with Crippen molar-refractivity contribution in [1.29, 1.82) is 0 Å². The average Bonchev–Trinajstić information content (AvgIpc) is 2.94. The van der Waals surface area contributed by atoms with Gasteiger partial charge in [-0.1, -0.05) is 134 Å². The van der Waals surface area contributed by atoms with E-state index in [1.165, 1.54) is 77.0 Å². The highest BCUT2D eigenvalue weighted by molar-refractivity contribution is 5.69. The zero-order valence-electron chi connectivity index (χ0n) is 26.4. The van der Waals surface area contributed by atoms with E-state index >= 15 is 0 Å². The van der Waals surface area contributed by atoms with Crippen molar-refractivity contribution in [2.45, 2.75) is 180 Å². The fraction of sp³-hybridized carbons (Fsp3) is 0.778. The Morgan fingerprint density at radius 2 is 1.02 bits per heavy atom. The van der Waals surface area contributed by atoms with Crippen molar-refractivity contribution in [2.24, 2.45) is 0 Å². The number of allylic oxidation sites excluding steroid dienone is 6. The Labute approximate surface area is 248 Å². The van der Waals surface area contributed by atoms with Crippen LogP contribution in [0.25, 0.3) is 0 Å². The van der Waals surface area contributed by atoms with Gasteiger partial charge in [0, 0.05) is 12.8 Å². The number of ether oxygens (including phenoxy) is 1. The monoisotopic (exact) mass is 560 g/mol. The minimum atomic E-state index is -0.679. The molecular formula is C36H64O4. The first-order valence-corrected chi connectivity index (χ1v) is 17.0. The summed E-state index contributed by atoms with van der Waals surface area (Å²) < 4.78 is 5.75. The summed E-state index contributed by atoms with van der Waals surface area (Å²) in [5, 5.41) is 8.64. The molecule has 0 aromatic carbocycles. The van der Waals surface area contributed by atoms with Crippen LogP contribution in [0.2, 0.25) is 0 Å². The summed E-state index contributed by atoms with van der Waals surface area (Å²) in [6.07, 6.45) is 40.9. The fourth-order valence-corrected chi connectivity index (χ4v) is 4.90. The second-order valence-corrected chi connectivity index (χ2v) is 11.3. The molecule has 0 rings (SSSR count). The highest BCUT2D eigenvalue weighted by Crippen LogP contribution is 2.16. The minimum Gasteiger partial charge on any atom is -0.481 e. The van der Waals surface area contributed by atoms with Crippen LogP contribution in [0.5, 0.6) is 0 Å². The molecule has 0 saturated heterocycles. The summed E-state index contributed by atoms with van der Waals surface area (Å²) in [5.41, 5.74) is 0. The maximum Gasteiger partial charge on any atom is 0.306 e. The van der Waals surface area contributed by atoms with Gasteiger partial charge < -0.3 is 9.84 Å². The van der Waals surface area contributed by atoms with Gasteiger partial charge in [0.25, 0.3) is 0 Å². The first-order chi connectivity index (χ1) is 19.6. The standard InChI is InChI=1S/C36H64O4/c1-3-5-6-7-8-9-10-11-12-13-14-15-16-21-24-27-30-33-36(39)40-34(4-2)31-28-25-22-19-17-18-20-23-26-29-32-35(37)38/h5-6,8-9,11-12,34H,3-4,7,10,13-33H2,1-2H3,(H,37,38)/b6-5-,9-8-,12-11-. The van der Waals surface area contributed by atoms with Crippen LogP contribution in [0.4, 0.5) is 0 Å². The lowest BCUT2D eigenvalue weighted by molar-refractivity contribution is -0.149. The van der Waals surface area contributed by atoms with Gasteiger partial charge in [0.05, 0.1) is 0 Å². The molecule has 4 nitrogen and oxygen atoms in total. The summed E-state index contributed by atoms with van der Waals surface area (Å²) in [4.78, 5) is 22.7. The number of esters is 1. The number of hydrogen-bond acceptors (Lipinski definition) is 3. The lowest BCUT2D eigenvalue weighted by Gasteiger charge is -2.16. The van der Waals surface area contributed by atoms with E-state index < -0.39 is 5.97 Å². The van der Waals surface area contributed by atoms with Gasteiger partial charge in [-0.3, -0.25) is 9.59 Å². The molecule has 0 aliphatic rings. The zero-order valence-corrected chi connectivity index (χ0v) is 26.4. The van der Waals surface area contributed by atoms with Crippen LogP contribution in [0.1, 0.15) is 174 Å². The fourth-order valence-electron chi connectivity index (χ4n) is 4.90. The number of aliphatic carboxylic acids is 1. The van der Waals surface area contributed by atoms with Gasteiger partial charge in [-0.25, -0.2) is 0 Å². The SMILES string of the molecule is CC/C=C\C/C=C\C/C=C\CCCCCCCCCC(=O)OC(CC)CCCCCCCCCCCCC(=O)O. The van der Waals surface area contributed by atoms with E-state index in [1.54, 1.807) is 0 Å². The number of hydrogen-bond donors (Lipinski definition) is 1. The van der Waals surface area contributed by atoms with Gasteiger partial charge in [0.15, 0.2) is 0 Å². The van der Waals surface area contributed by atoms with Crippen molar-refractivity contribution in [1.82, 2.24) is 0 Å². The third-order valence-electron chi connectivity index (χ3n) is 7.45. The molecule has 0 amide bonds. The van der Waals surface area contributed by atoms with Crippen LogP contribution in [-0.2, 0) is 14.3 Å². The molecule has 0 aliphatic carbocycles. The summed E-state index contributed by atoms with van der Waals surface area (Å²) in [6, 6.07) is 0. The maximum atomic E-state index is 12.2. The number of carboxylic acid groups (broad SMARTS) is 1. The quantitative estimate of drug-likeness (QED) is 0.0539. The molecule has 0 fully saturated rings. The smallest absolute Gasteiger partial charge is 0.306 e. The lowest BCUT2D eigenvalue weighted by Crippen LogP contribution is -2.17. The summed E-state index contributed by atoms with van der Waals surface area (Å²) >= 11 is 0. The Morgan fingerprint density at radius 1 is 0.575 bits per heavy atom. The van der Waals surface area contributed by atoms with E-state index in [4.69, 9.17) is 9.84 Å². The number of rotatable bonds is 30. The van der Waals surface area contributed by atoms with Gasteiger partial charge in [-0.05, 0) is 64.2 Å². The van der Waals surface area contributed by atoms with Gasteiger partial charge >= 0.3 is 11.9 Å². The van der Waals surface area contributed by atoms with Gasteiger partial charge in [-0.2, -0.15) is 0 Å². The predicted octanol–water partition coefficient (Wildman–Crippen LogP) is 11.4. The van der Waals surface area contributed by atoms with E-state index in [0.29, 0.717) is 12.8 Å². The largest absolute Gasteiger partial charge is 0.481 e. The molecule has 1 atom stereocenters. The first kappa shape index (κ1) is 38.2. The molecule has 1 unspecified atom stereocenters. The van der Waals surface area contributed by atoms with E-state index in [9.17, 15) is 9.59 Å². The van der Waals surface area contributed by atoms with Crippen LogP contribution < -0.4 is 0 Å². The van der Waals surface area contributed by atoms with Gasteiger partial charge in [0.1, 0.15) is 6.10 Å². The van der Waals surface area contributed by atoms with Crippen LogP contribution >= 0.6 is 0 Å². The number of carbonyl (C=O) groups excluding carboxylic acids is 1. The zero-order chi connectivity index (χ0) is 29.4. The van der Waals surface area contributed by atoms with E-state index in [1.807, 2.05) is 0 Å². The number of unbranched alkanes of at least 4 members (excludes halogenated alkanes) is 16. The molecule has 0 bridgehead atoms. The molecule has 0 spiro atoms.